The highest BCUT2D eigenvalue weighted by atomic mass is 19.1. The molecule has 2 aliphatic carbocycles. The lowest BCUT2D eigenvalue weighted by Crippen LogP contribution is -2.38. The summed E-state index contributed by atoms with van der Waals surface area (Å²) in [5.74, 6) is 2.71. The standard InChI is InChI=1S/C19H23FN4O/c20-15-3-1-2-14(10-15)17-11-23(8-9-25-17)12-18-21-22-19(13-4-5-13)24(18)16-6-7-16/h1-3,10,13,16-17H,4-9,11-12H2/t17-/m1/s1. The summed E-state index contributed by atoms with van der Waals surface area (Å²) < 4.78 is 21.8. The summed E-state index contributed by atoms with van der Waals surface area (Å²) >= 11 is 0. The van der Waals surface area contributed by atoms with Gasteiger partial charge in [0.05, 0.1) is 19.3 Å². The molecule has 6 heteroatoms. The minimum Gasteiger partial charge on any atom is -0.371 e. The number of aromatic nitrogens is 3. The van der Waals surface area contributed by atoms with Crippen LogP contribution in [0.5, 0.6) is 0 Å². The first kappa shape index (κ1) is 15.5. The summed E-state index contributed by atoms with van der Waals surface area (Å²) in [4.78, 5) is 2.36. The molecule has 0 radical (unpaired) electrons. The first-order valence-corrected chi connectivity index (χ1v) is 9.31. The molecule has 0 bridgehead atoms. The van der Waals surface area contributed by atoms with E-state index < -0.39 is 0 Å². The van der Waals surface area contributed by atoms with Gasteiger partial charge < -0.3 is 9.30 Å². The molecule has 3 aliphatic rings. The monoisotopic (exact) mass is 342 g/mol. The molecule has 5 nitrogen and oxygen atoms in total. The van der Waals surface area contributed by atoms with Crippen molar-refractivity contribution in [2.24, 2.45) is 0 Å². The van der Waals surface area contributed by atoms with Gasteiger partial charge in [-0.3, -0.25) is 4.90 Å². The van der Waals surface area contributed by atoms with E-state index in [1.807, 2.05) is 6.07 Å². The van der Waals surface area contributed by atoms with Crippen molar-refractivity contribution in [3.8, 4) is 0 Å². The van der Waals surface area contributed by atoms with Crippen LogP contribution in [0.4, 0.5) is 4.39 Å². The number of hydrogen-bond acceptors (Lipinski definition) is 4. The maximum Gasteiger partial charge on any atom is 0.147 e. The van der Waals surface area contributed by atoms with Crippen LogP contribution in [0.1, 0.15) is 61.0 Å². The Kier molecular flexibility index (Phi) is 3.82. The Balaban J connectivity index is 1.32. The summed E-state index contributed by atoms with van der Waals surface area (Å²) in [7, 11) is 0. The molecule has 1 aromatic carbocycles. The smallest absolute Gasteiger partial charge is 0.147 e. The Labute approximate surface area is 146 Å². The molecule has 132 valence electrons. The summed E-state index contributed by atoms with van der Waals surface area (Å²) in [6.45, 7) is 3.10. The van der Waals surface area contributed by atoms with Crippen molar-refractivity contribution in [3.05, 3.63) is 47.3 Å². The van der Waals surface area contributed by atoms with Gasteiger partial charge in [0.1, 0.15) is 17.5 Å². The van der Waals surface area contributed by atoms with E-state index in [1.165, 1.54) is 37.6 Å². The molecule has 25 heavy (non-hydrogen) atoms. The van der Waals surface area contributed by atoms with Crippen LogP contribution in [0.15, 0.2) is 24.3 Å². The summed E-state index contributed by atoms with van der Waals surface area (Å²) in [6, 6.07) is 7.35. The lowest BCUT2D eigenvalue weighted by Gasteiger charge is -2.33. The molecule has 1 saturated heterocycles. The molecule has 0 N–H and O–H groups in total. The van der Waals surface area contributed by atoms with Gasteiger partial charge in [-0.05, 0) is 43.4 Å². The Morgan fingerprint density at radius 1 is 1.16 bits per heavy atom. The Morgan fingerprint density at radius 3 is 2.80 bits per heavy atom. The predicted octanol–water partition coefficient (Wildman–Crippen LogP) is 3.20. The molecule has 2 heterocycles. The molecular weight excluding hydrogens is 319 g/mol. The highest BCUT2D eigenvalue weighted by molar-refractivity contribution is 5.20. The molecule has 2 saturated carbocycles. The van der Waals surface area contributed by atoms with Crippen LogP contribution >= 0.6 is 0 Å². The number of nitrogens with zero attached hydrogens (tertiary/aromatic N) is 4. The van der Waals surface area contributed by atoms with Gasteiger partial charge in [0.2, 0.25) is 0 Å². The lowest BCUT2D eigenvalue weighted by atomic mass is 10.1. The number of morpholine rings is 1. The summed E-state index contributed by atoms with van der Waals surface area (Å²) in [6.07, 6.45) is 4.93. The molecule has 0 unspecified atom stereocenters. The zero-order valence-corrected chi connectivity index (χ0v) is 14.3. The molecule has 0 spiro atoms. The van der Waals surface area contributed by atoms with Crippen molar-refractivity contribution in [1.82, 2.24) is 19.7 Å². The molecule has 1 aliphatic heterocycles. The summed E-state index contributed by atoms with van der Waals surface area (Å²) in [5, 5.41) is 9.01. The Hall–Kier alpha value is -1.79. The Morgan fingerprint density at radius 2 is 2.04 bits per heavy atom. The van der Waals surface area contributed by atoms with Crippen LogP contribution in [0, 0.1) is 5.82 Å². The lowest BCUT2D eigenvalue weighted by molar-refractivity contribution is -0.0341. The number of benzene rings is 1. The van der Waals surface area contributed by atoms with Crippen molar-refractivity contribution in [2.45, 2.75) is 50.3 Å². The van der Waals surface area contributed by atoms with E-state index in [-0.39, 0.29) is 11.9 Å². The van der Waals surface area contributed by atoms with E-state index >= 15 is 0 Å². The topological polar surface area (TPSA) is 43.2 Å². The van der Waals surface area contributed by atoms with Crippen molar-refractivity contribution < 1.29 is 9.13 Å². The second-order valence-corrected chi connectivity index (χ2v) is 7.50. The number of ether oxygens (including phenoxy) is 1. The summed E-state index contributed by atoms with van der Waals surface area (Å²) in [5.41, 5.74) is 0.909. The van der Waals surface area contributed by atoms with Crippen LogP contribution in [-0.2, 0) is 11.3 Å². The van der Waals surface area contributed by atoms with E-state index in [0.29, 0.717) is 18.6 Å². The fourth-order valence-electron chi connectivity index (χ4n) is 3.75. The zero-order chi connectivity index (χ0) is 16.8. The second-order valence-electron chi connectivity index (χ2n) is 7.50. The second kappa shape index (κ2) is 6.18. The number of halogens is 1. The molecule has 3 fully saturated rings. The fraction of sp³-hybridized carbons (Fsp3) is 0.579. The average Bonchev–Trinajstić information content (AvgIpc) is 3.54. The molecular formula is C19H23FN4O. The third-order valence-electron chi connectivity index (χ3n) is 5.38. The van der Waals surface area contributed by atoms with E-state index in [1.54, 1.807) is 12.1 Å². The van der Waals surface area contributed by atoms with E-state index in [2.05, 4.69) is 19.7 Å². The Bertz CT molecular complexity index is 769. The average molecular weight is 342 g/mol. The van der Waals surface area contributed by atoms with E-state index in [0.717, 1.165) is 31.0 Å². The van der Waals surface area contributed by atoms with Gasteiger partial charge in [-0.2, -0.15) is 0 Å². The number of hydrogen-bond donors (Lipinski definition) is 0. The first-order chi connectivity index (χ1) is 12.3. The first-order valence-electron chi connectivity index (χ1n) is 9.31. The van der Waals surface area contributed by atoms with Crippen molar-refractivity contribution >= 4 is 0 Å². The van der Waals surface area contributed by atoms with Crippen molar-refractivity contribution in [2.75, 3.05) is 19.7 Å². The van der Waals surface area contributed by atoms with Crippen molar-refractivity contribution in [1.29, 1.82) is 0 Å². The van der Waals surface area contributed by atoms with Crippen LogP contribution in [0.2, 0.25) is 0 Å². The molecule has 1 atom stereocenters. The van der Waals surface area contributed by atoms with Crippen LogP contribution in [0.25, 0.3) is 0 Å². The highest BCUT2D eigenvalue weighted by Crippen LogP contribution is 2.44. The quantitative estimate of drug-likeness (QED) is 0.837. The van der Waals surface area contributed by atoms with E-state index in [9.17, 15) is 4.39 Å². The van der Waals surface area contributed by atoms with Gasteiger partial charge in [0.25, 0.3) is 0 Å². The minimum absolute atomic E-state index is 0.0790. The van der Waals surface area contributed by atoms with Gasteiger partial charge in [-0.15, -0.1) is 10.2 Å². The number of rotatable bonds is 5. The van der Waals surface area contributed by atoms with E-state index in [4.69, 9.17) is 4.74 Å². The maximum atomic E-state index is 13.5. The minimum atomic E-state index is -0.208. The predicted molar refractivity (Wildman–Crippen MR) is 90.6 cm³/mol. The largest absolute Gasteiger partial charge is 0.371 e. The van der Waals surface area contributed by atoms with Gasteiger partial charge in [0.15, 0.2) is 0 Å². The molecule has 1 aromatic heterocycles. The normalized spacial score (nSPS) is 24.6. The third kappa shape index (κ3) is 3.20. The fourth-order valence-corrected chi connectivity index (χ4v) is 3.75. The maximum absolute atomic E-state index is 13.5. The molecule has 2 aromatic rings. The SMILES string of the molecule is Fc1cccc([C@H]2CN(Cc3nnc(C4CC4)n3C3CC3)CCO2)c1. The molecule has 0 amide bonds. The van der Waals surface area contributed by atoms with Gasteiger partial charge in [-0.25, -0.2) is 4.39 Å². The van der Waals surface area contributed by atoms with Crippen LogP contribution < -0.4 is 0 Å². The van der Waals surface area contributed by atoms with Gasteiger partial charge >= 0.3 is 0 Å². The molecule has 5 rings (SSSR count). The van der Waals surface area contributed by atoms with Crippen molar-refractivity contribution in [3.63, 3.8) is 0 Å². The van der Waals surface area contributed by atoms with Crippen LogP contribution in [0.3, 0.4) is 0 Å². The zero-order valence-electron chi connectivity index (χ0n) is 14.3. The van der Waals surface area contributed by atoms with Crippen LogP contribution in [-0.4, -0.2) is 39.4 Å². The van der Waals surface area contributed by atoms with Gasteiger partial charge in [0, 0.05) is 25.0 Å². The van der Waals surface area contributed by atoms with Gasteiger partial charge in [-0.1, -0.05) is 12.1 Å². The highest BCUT2D eigenvalue weighted by Gasteiger charge is 2.36. The third-order valence-corrected chi connectivity index (χ3v) is 5.38.